The van der Waals surface area contributed by atoms with Gasteiger partial charge in [0.1, 0.15) is 0 Å². The van der Waals surface area contributed by atoms with Crippen LogP contribution in [0.25, 0.3) is 0 Å². The number of rotatable bonds is 7. The molecule has 0 aliphatic heterocycles. The van der Waals surface area contributed by atoms with Crippen LogP contribution in [0.2, 0.25) is 0 Å². The van der Waals surface area contributed by atoms with Crippen molar-refractivity contribution >= 4 is 21.9 Å². The maximum atomic E-state index is 12.6. The average molecular weight is 390 g/mol. The summed E-state index contributed by atoms with van der Waals surface area (Å²) in [5.74, 6) is -0.863. The Morgan fingerprint density at radius 2 is 1.63 bits per heavy atom. The first-order chi connectivity index (χ1) is 12.8. The number of nitrogens with one attached hydrogen (secondary N) is 1. The van der Waals surface area contributed by atoms with Gasteiger partial charge in [-0.2, -0.15) is 0 Å². The molecule has 2 aromatic carbocycles. The highest BCUT2D eigenvalue weighted by atomic mass is 32.2. The van der Waals surface area contributed by atoms with Gasteiger partial charge in [-0.15, -0.1) is 0 Å². The lowest BCUT2D eigenvalue weighted by Crippen LogP contribution is -2.30. The number of benzene rings is 2. The Hall–Kier alpha value is -2.71. The van der Waals surface area contributed by atoms with Gasteiger partial charge in [-0.1, -0.05) is 30.3 Å². The van der Waals surface area contributed by atoms with Crippen molar-refractivity contribution in [1.29, 1.82) is 0 Å². The monoisotopic (exact) mass is 390 g/mol. The molecule has 27 heavy (non-hydrogen) atoms. The highest BCUT2D eigenvalue weighted by Crippen LogP contribution is 2.19. The van der Waals surface area contributed by atoms with E-state index in [1.165, 1.54) is 45.5 Å². The maximum Gasteiger partial charge on any atom is 0.307 e. The number of hydrogen-bond donors (Lipinski definition) is 1. The van der Waals surface area contributed by atoms with E-state index in [9.17, 15) is 18.0 Å². The molecular formula is C19H22N2O5S. The van der Waals surface area contributed by atoms with Gasteiger partial charge in [0.25, 0.3) is 5.91 Å². The van der Waals surface area contributed by atoms with Crippen LogP contribution < -0.4 is 5.32 Å². The molecule has 2 rings (SSSR count). The summed E-state index contributed by atoms with van der Waals surface area (Å²) < 4.78 is 30.0. The molecule has 1 atom stereocenters. The minimum Gasteiger partial charge on any atom is -0.469 e. The van der Waals surface area contributed by atoms with Crippen molar-refractivity contribution in [3.05, 3.63) is 65.7 Å². The van der Waals surface area contributed by atoms with E-state index in [0.717, 1.165) is 9.87 Å². The summed E-state index contributed by atoms with van der Waals surface area (Å²) in [6.07, 6.45) is -0.0145. The molecule has 0 bridgehead atoms. The summed E-state index contributed by atoms with van der Waals surface area (Å²) >= 11 is 0. The Balaban J connectivity index is 2.21. The molecular weight excluding hydrogens is 368 g/mol. The summed E-state index contributed by atoms with van der Waals surface area (Å²) in [6, 6.07) is 14.1. The number of esters is 1. The highest BCUT2D eigenvalue weighted by molar-refractivity contribution is 7.89. The third-order valence-electron chi connectivity index (χ3n) is 4.00. The molecule has 8 heteroatoms. The van der Waals surface area contributed by atoms with Crippen molar-refractivity contribution in [2.75, 3.05) is 21.2 Å². The third kappa shape index (κ3) is 5.15. The summed E-state index contributed by atoms with van der Waals surface area (Å²) in [4.78, 5) is 24.4. The number of hydrogen-bond acceptors (Lipinski definition) is 5. The largest absolute Gasteiger partial charge is 0.469 e. The van der Waals surface area contributed by atoms with Crippen molar-refractivity contribution < 1.29 is 22.7 Å². The fourth-order valence-corrected chi connectivity index (χ4v) is 3.32. The van der Waals surface area contributed by atoms with Crippen LogP contribution in [-0.4, -0.2) is 45.8 Å². The van der Waals surface area contributed by atoms with Crippen LogP contribution in [0.4, 0.5) is 0 Å². The smallest absolute Gasteiger partial charge is 0.307 e. The van der Waals surface area contributed by atoms with E-state index >= 15 is 0 Å². The standard InChI is InChI=1S/C19H22N2O5S/c1-21(2)27(24,25)16-11-9-15(10-12-16)19(23)20-17(13-18(22)26-3)14-7-5-4-6-8-14/h4-12,17H,13H2,1-3H3,(H,20,23). The lowest BCUT2D eigenvalue weighted by atomic mass is 10.0. The molecule has 1 N–H and O–H groups in total. The molecule has 144 valence electrons. The van der Waals surface area contributed by atoms with Crippen LogP contribution in [0.5, 0.6) is 0 Å². The number of ether oxygens (including phenoxy) is 1. The second kappa shape index (κ2) is 8.79. The number of nitrogens with zero attached hydrogens (tertiary/aromatic N) is 1. The van der Waals surface area contributed by atoms with E-state index in [-0.39, 0.29) is 11.3 Å². The van der Waals surface area contributed by atoms with E-state index < -0.39 is 27.9 Å². The van der Waals surface area contributed by atoms with Gasteiger partial charge in [-0.25, -0.2) is 12.7 Å². The molecule has 0 aliphatic carbocycles. The van der Waals surface area contributed by atoms with E-state index in [4.69, 9.17) is 4.74 Å². The maximum absolute atomic E-state index is 12.6. The fourth-order valence-electron chi connectivity index (χ4n) is 2.42. The number of methoxy groups -OCH3 is 1. The molecule has 2 aromatic rings. The molecule has 0 radical (unpaired) electrons. The van der Waals surface area contributed by atoms with Gasteiger partial charge >= 0.3 is 5.97 Å². The van der Waals surface area contributed by atoms with E-state index in [0.29, 0.717) is 5.56 Å². The lowest BCUT2D eigenvalue weighted by Gasteiger charge is -2.18. The quantitative estimate of drug-likeness (QED) is 0.730. The van der Waals surface area contributed by atoms with Gasteiger partial charge in [-0.05, 0) is 29.8 Å². The van der Waals surface area contributed by atoms with Crippen molar-refractivity contribution in [3.8, 4) is 0 Å². The van der Waals surface area contributed by atoms with Crippen molar-refractivity contribution in [2.24, 2.45) is 0 Å². The number of carbonyl (C=O) groups excluding carboxylic acids is 2. The fraction of sp³-hybridized carbons (Fsp3) is 0.263. The van der Waals surface area contributed by atoms with Crippen LogP contribution >= 0.6 is 0 Å². The number of carbonyl (C=O) groups is 2. The summed E-state index contributed by atoms with van der Waals surface area (Å²) in [7, 11) is 0.599. The normalized spacial score (nSPS) is 12.4. The van der Waals surface area contributed by atoms with Crippen LogP contribution in [0.15, 0.2) is 59.5 Å². The van der Waals surface area contributed by atoms with Crippen molar-refractivity contribution in [3.63, 3.8) is 0 Å². The van der Waals surface area contributed by atoms with Gasteiger partial charge in [0.05, 0.1) is 24.5 Å². The summed E-state index contributed by atoms with van der Waals surface area (Å²) in [5.41, 5.74) is 1.06. The first-order valence-electron chi connectivity index (χ1n) is 8.21. The third-order valence-corrected chi connectivity index (χ3v) is 5.83. The number of sulfonamides is 1. The van der Waals surface area contributed by atoms with E-state index in [1.54, 1.807) is 12.1 Å². The van der Waals surface area contributed by atoms with Gasteiger partial charge in [0, 0.05) is 19.7 Å². The second-order valence-electron chi connectivity index (χ2n) is 6.03. The zero-order valence-corrected chi connectivity index (χ0v) is 16.2. The predicted octanol–water partition coefficient (Wildman–Crippen LogP) is 1.97. The Kier molecular flexibility index (Phi) is 6.70. The Labute approximate surface area is 159 Å². The molecule has 0 aromatic heterocycles. The van der Waals surface area contributed by atoms with Gasteiger partial charge in [-0.3, -0.25) is 9.59 Å². The SMILES string of the molecule is COC(=O)CC(NC(=O)c1ccc(S(=O)(=O)N(C)C)cc1)c1ccccc1. The molecule has 1 unspecified atom stereocenters. The lowest BCUT2D eigenvalue weighted by molar-refractivity contribution is -0.141. The topological polar surface area (TPSA) is 92.8 Å². The first-order valence-corrected chi connectivity index (χ1v) is 9.65. The van der Waals surface area contributed by atoms with Crippen LogP contribution in [0, 0.1) is 0 Å². The Morgan fingerprint density at radius 1 is 1.04 bits per heavy atom. The molecule has 1 amide bonds. The first kappa shape index (κ1) is 20.6. The molecule has 0 fully saturated rings. The highest BCUT2D eigenvalue weighted by Gasteiger charge is 2.21. The number of amides is 1. The molecule has 0 spiro atoms. The van der Waals surface area contributed by atoms with E-state index in [1.807, 2.05) is 18.2 Å². The van der Waals surface area contributed by atoms with Gasteiger partial charge < -0.3 is 10.1 Å². The predicted molar refractivity (Wildman–Crippen MR) is 101 cm³/mol. The zero-order chi connectivity index (χ0) is 20.0. The molecule has 7 nitrogen and oxygen atoms in total. The molecule has 0 saturated carbocycles. The second-order valence-corrected chi connectivity index (χ2v) is 8.18. The minimum absolute atomic E-state index is 0.0145. The Morgan fingerprint density at radius 3 is 2.15 bits per heavy atom. The zero-order valence-electron chi connectivity index (χ0n) is 15.4. The van der Waals surface area contributed by atoms with Crippen LogP contribution in [0.3, 0.4) is 0 Å². The molecule has 0 saturated heterocycles. The van der Waals surface area contributed by atoms with Crippen molar-refractivity contribution in [1.82, 2.24) is 9.62 Å². The molecule has 0 aliphatic rings. The average Bonchev–Trinajstić information content (AvgIpc) is 2.67. The van der Waals surface area contributed by atoms with Gasteiger partial charge in [0.15, 0.2) is 0 Å². The molecule has 0 heterocycles. The Bertz CT molecular complexity index is 893. The summed E-state index contributed by atoms with van der Waals surface area (Å²) in [5, 5.41) is 2.80. The van der Waals surface area contributed by atoms with Gasteiger partial charge in [0.2, 0.25) is 10.0 Å². The van der Waals surface area contributed by atoms with Crippen LogP contribution in [-0.2, 0) is 19.6 Å². The minimum atomic E-state index is -3.56. The van der Waals surface area contributed by atoms with E-state index in [2.05, 4.69) is 5.32 Å². The van der Waals surface area contributed by atoms with Crippen molar-refractivity contribution in [2.45, 2.75) is 17.4 Å². The van der Waals surface area contributed by atoms with Crippen LogP contribution in [0.1, 0.15) is 28.4 Å². The summed E-state index contributed by atoms with van der Waals surface area (Å²) in [6.45, 7) is 0.